The van der Waals surface area contributed by atoms with Gasteiger partial charge in [-0.25, -0.2) is 0 Å². The van der Waals surface area contributed by atoms with Crippen molar-refractivity contribution in [1.82, 2.24) is 4.90 Å². The minimum Gasteiger partial charge on any atom is -0.550 e. The van der Waals surface area contributed by atoms with E-state index in [9.17, 15) is 14.7 Å². The van der Waals surface area contributed by atoms with Gasteiger partial charge in [0.1, 0.15) is 11.5 Å². The van der Waals surface area contributed by atoms with Crippen LogP contribution >= 0.6 is 0 Å². The van der Waals surface area contributed by atoms with Crippen molar-refractivity contribution in [3.05, 3.63) is 23.8 Å². The Hall–Kier alpha value is -2.24. The van der Waals surface area contributed by atoms with Gasteiger partial charge in [-0.15, -0.1) is 0 Å². The van der Waals surface area contributed by atoms with Gasteiger partial charge in [0.2, 0.25) is 5.91 Å². The Morgan fingerprint density at radius 2 is 2.10 bits per heavy atom. The molecule has 6 heteroatoms. The number of nitrogens with zero attached hydrogens (tertiary/aromatic N) is 1. The van der Waals surface area contributed by atoms with Gasteiger partial charge in [-0.1, -0.05) is 0 Å². The normalized spacial score (nSPS) is 21.5. The van der Waals surface area contributed by atoms with Crippen molar-refractivity contribution in [3.63, 3.8) is 0 Å². The van der Waals surface area contributed by atoms with Crippen molar-refractivity contribution >= 4 is 11.9 Å². The summed E-state index contributed by atoms with van der Waals surface area (Å²) in [5.74, 6) is -1.18. The van der Waals surface area contributed by atoms with Crippen LogP contribution in [-0.2, 0) is 9.59 Å². The highest BCUT2D eigenvalue weighted by Crippen LogP contribution is 2.42. The van der Waals surface area contributed by atoms with Crippen molar-refractivity contribution in [2.45, 2.75) is 19.4 Å². The number of carbonyl (C=O) groups excluding carboxylic acids is 2. The Morgan fingerprint density at radius 1 is 1.38 bits per heavy atom. The minimum atomic E-state index is -1.22. The third kappa shape index (κ3) is 2.66. The Bertz CT molecular complexity index is 557. The lowest BCUT2D eigenvalue weighted by Gasteiger charge is -2.29. The van der Waals surface area contributed by atoms with Crippen LogP contribution in [0.2, 0.25) is 0 Å². The maximum atomic E-state index is 12.0. The van der Waals surface area contributed by atoms with Crippen LogP contribution in [0.3, 0.4) is 0 Å². The Morgan fingerprint density at radius 3 is 2.62 bits per heavy atom. The number of carboxylic acid groups (broad SMARTS) is 1. The second-order valence-corrected chi connectivity index (χ2v) is 4.86. The predicted molar refractivity (Wildman–Crippen MR) is 72.8 cm³/mol. The first-order valence-electron chi connectivity index (χ1n) is 6.75. The van der Waals surface area contributed by atoms with E-state index in [0.717, 1.165) is 0 Å². The molecule has 114 valence electrons. The number of likely N-dealkylation sites (tertiary alicyclic amines) is 1. The fourth-order valence-electron chi connectivity index (χ4n) is 2.82. The summed E-state index contributed by atoms with van der Waals surface area (Å²) in [5, 5.41) is 11.4. The lowest BCUT2D eigenvalue weighted by atomic mass is 9.93. The molecule has 1 saturated heterocycles. The molecule has 2 rings (SSSR count). The van der Waals surface area contributed by atoms with Crippen molar-refractivity contribution in [3.8, 4) is 11.5 Å². The van der Waals surface area contributed by atoms with Crippen molar-refractivity contribution in [1.29, 1.82) is 0 Å². The fourth-order valence-corrected chi connectivity index (χ4v) is 2.82. The summed E-state index contributed by atoms with van der Waals surface area (Å²) in [6.07, 6.45) is -0.0456. The molecule has 0 saturated carbocycles. The smallest absolute Gasteiger partial charge is 0.223 e. The molecular weight excluding hydrogens is 274 g/mol. The van der Waals surface area contributed by atoms with E-state index in [1.165, 1.54) is 14.2 Å². The molecule has 0 aromatic heterocycles. The lowest BCUT2D eigenvalue weighted by molar-refractivity contribution is -0.312. The summed E-state index contributed by atoms with van der Waals surface area (Å²) in [6.45, 7) is 2.25. The third-order valence-electron chi connectivity index (χ3n) is 3.83. The first-order chi connectivity index (χ1) is 10.0. The minimum absolute atomic E-state index is 0.0456. The summed E-state index contributed by atoms with van der Waals surface area (Å²) < 4.78 is 10.5. The molecule has 1 amide bonds. The van der Waals surface area contributed by atoms with E-state index in [0.29, 0.717) is 23.6 Å². The van der Waals surface area contributed by atoms with Gasteiger partial charge in [0, 0.05) is 36.5 Å². The maximum absolute atomic E-state index is 12.0. The van der Waals surface area contributed by atoms with Crippen LogP contribution in [0.5, 0.6) is 11.5 Å². The van der Waals surface area contributed by atoms with Crippen molar-refractivity contribution < 1.29 is 24.2 Å². The molecule has 0 radical (unpaired) electrons. The quantitative estimate of drug-likeness (QED) is 0.783. The number of hydrogen-bond donors (Lipinski definition) is 0. The average molecular weight is 292 g/mol. The summed E-state index contributed by atoms with van der Waals surface area (Å²) >= 11 is 0. The average Bonchev–Trinajstić information content (AvgIpc) is 2.83. The molecule has 1 aliphatic heterocycles. The number of rotatable bonds is 5. The van der Waals surface area contributed by atoms with Gasteiger partial charge in [0.15, 0.2) is 0 Å². The fraction of sp³-hybridized carbons (Fsp3) is 0.467. The maximum Gasteiger partial charge on any atom is 0.223 e. The van der Waals surface area contributed by atoms with Crippen LogP contribution < -0.4 is 14.6 Å². The Labute approximate surface area is 123 Å². The second kappa shape index (κ2) is 6.03. The van der Waals surface area contributed by atoms with Crippen molar-refractivity contribution in [2.75, 3.05) is 20.8 Å². The predicted octanol–water partition coefficient (Wildman–Crippen LogP) is 0.363. The van der Waals surface area contributed by atoms with E-state index < -0.39 is 17.9 Å². The van der Waals surface area contributed by atoms with E-state index in [-0.39, 0.29) is 12.3 Å². The first-order valence-corrected chi connectivity index (χ1v) is 6.75. The van der Waals surface area contributed by atoms with Crippen LogP contribution in [0.4, 0.5) is 0 Å². The number of benzene rings is 1. The molecule has 1 aliphatic rings. The van der Waals surface area contributed by atoms with E-state index in [1.807, 2.05) is 6.92 Å². The number of carboxylic acids is 1. The number of hydrogen-bond acceptors (Lipinski definition) is 5. The Kier molecular flexibility index (Phi) is 4.35. The molecular formula is C15H18NO5-. The topological polar surface area (TPSA) is 78.9 Å². The highest BCUT2D eigenvalue weighted by atomic mass is 16.5. The number of amides is 1. The zero-order valence-electron chi connectivity index (χ0n) is 12.3. The number of aliphatic carboxylic acids is 1. The highest BCUT2D eigenvalue weighted by Gasteiger charge is 2.41. The summed E-state index contributed by atoms with van der Waals surface area (Å²) in [5.41, 5.74) is 0.653. The number of ether oxygens (including phenoxy) is 2. The zero-order valence-corrected chi connectivity index (χ0v) is 12.3. The number of carbonyl (C=O) groups is 2. The van der Waals surface area contributed by atoms with Gasteiger partial charge < -0.3 is 24.3 Å². The Balaban J connectivity index is 2.50. The van der Waals surface area contributed by atoms with Crippen LogP contribution in [0, 0.1) is 5.92 Å². The van der Waals surface area contributed by atoms with Gasteiger partial charge in [-0.05, 0) is 19.1 Å². The second-order valence-electron chi connectivity index (χ2n) is 4.86. The molecule has 2 atom stereocenters. The molecule has 0 bridgehead atoms. The molecule has 1 fully saturated rings. The van der Waals surface area contributed by atoms with Gasteiger partial charge in [-0.2, -0.15) is 0 Å². The van der Waals surface area contributed by atoms with E-state index in [1.54, 1.807) is 23.1 Å². The summed E-state index contributed by atoms with van der Waals surface area (Å²) in [6, 6.07) is 4.56. The van der Waals surface area contributed by atoms with Crippen molar-refractivity contribution in [2.24, 2.45) is 5.92 Å². The molecule has 0 spiro atoms. The molecule has 0 unspecified atom stereocenters. The van der Waals surface area contributed by atoms with Crippen LogP contribution in [0.15, 0.2) is 18.2 Å². The van der Waals surface area contributed by atoms with E-state index in [2.05, 4.69) is 0 Å². The monoisotopic (exact) mass is 292 g/mol. The van der Waals surface area contributed by atoms with Crippen LogP contribution in [0.25, 0.3) is 0 Å². The largest absolute Gasteiger partial charge is 0.550 e. The molecule has 1 heterocycles. The zero-order chi connectivity index (χ0) is 15.6. The first kappa shape index (κ1) is 15.2. The van der Waals surface area contributed by atoms with Gasteiger partial charge in [-0.3, -0.25) is 4.79 Å². The van der Waals surface area contributed by atoms with Gasteiger partial charge in [0.25, 0.3) is 0 Å². The number of methoxy groups -OCH3 is 2. The molecule has 1 aromatic rings. The summed E-state index contributed by atoms with van der Waals surface area (Å²) in [4.78, 5) is 24.9. The van der Waals surface area contributed by atoms with Gasteiger partial charge >= 0.3 is 0 Å². The van der Waals surface area contributed by atoms with Crippen LogP contribution in [0.1, 0.15) is 24.9 Å². The molecule has 6 nitrogen and oxygen atoms in total. The highest BCUT2D eigenvalue weighted by molar-refractivity contribution is 5.87. The standard InChI is InChI=1S/C15H19NO5/c1-4-16-13(17)8-11(15(18)19)14(16)10-6-5-9(20-2)7-12(10)21-3/h5-7,11,14H,4,8H2,1-3H3,(H,18,19)/p-1/t11-,14+/m0/s1. The third-order valence-corrected chi connectivity index (χ3v) is 3.83. The lowest BCUT2D eigenvalue weighted by Crippen LogP contribution is -2.36. The molecule has 1 aromatic carbocycles. The van der Waals surface area contributed by atoms with E-state index >= 15 is 0 Å². The molecule has 0 aliphatic carbocycles. The molecule has 21 heavy (non-hydrogen) atoms. The van der Waals surface area contributed by atoms with E-state index in [4.69, 9.17) is 9.47 Å². The molecule has 0 N–H and O–H groups in total. The van der Waals surface area contributed by atoms with Gasteiger partial charge in [0.05, 0.1) is 20.3 Å². The summed E-state index contributed by atoms with van der Waals surface area (Å²) in [7, 11) is 3.04. The van der Waals surface area contributed by atoms with Crippen LogP contribution in [-0.4, -0.2) is 37.5 Å². The SMILES string of the molecule is CCN1C(=O)C[C@H](C(=O)[O-])[C@H]1c1ccc(OC)cc1OC.